The Kier molecular flexibility index (Phi) is 2.42. The van der Waals surface area contributed by atoms with E-state index < -0.39 is 0 Å². The lowest BCUT2D eigenvalue weighted by Crippen LogP contribution is -2.12. The smallest absolute Gasteiger partial charge is 0.254 e. The molecule has 90 valence electrons. The van der Waals surface area contributed by atoms with E-state index in [-0.39, 0.29) is 0 Å². The monoisotopic (exact) mass is 240 g/mol. The van der Waals surface area contributed by atoms with Gasteiger partial charge in [0.05, 0.1) is 5.69 Å². The minimum atomic E-state index is 0.529. The lowest BCUT2D eigenvalue weighted by atomic mass is 10.1. The first-order chi connectivity index (χ1) is 8.78. The molecule has 3 aromatic rings. The van der Waals surface area contributed by atoms with Crippen molar-refractivity contribution in [3.05, 3.63) is 42.2 Å². The Morgan fingerprint density at radius 1 is 1.17 bits per heavy atom. The zero-order valence-electron chi connectivity index (χ0n) is 9.83. The van der Waals surface area contributed by atoms with Crippen molar-refractivity contribution in [1.82, 2.24) is 19.6 Å². The zero-order chi connectivity index (χ0) is 12.5. The van der Waals surface area contributed by atoms with Crippen molar-refractivity contribution < 1.29 is 0 Å². The van der Waals surface area contributed by atoms with Gasteiger partial charge in [0.2, 0.25) is 0 Å². The SMILES string of the molecule is Cc1nc2nc(-c3ccccc3)cc(NN)n2n1. The Labute approximate surface area is 103 Å². The van der Waals surface area contributed by atoms with Crippen LogP contribution in [0.25, 0.3) is 17.0 Å². The standard InChI is InChI=1S/C12H12N6/c1-8-14-12-15-10(9-5-3-2-4-6-9)7-11(16-13)18(12)17-8/h2-7,16H,13H2,1H3. The van der Waals surface area contributed by atoms with Gasteiger partial charge >= 0.3 is 0 Å². The molecule has 6 nitrogen and oxygen atoms in total. The molecule has 0 saturated heterocycles. The average molecular weight is 240 g/mol. The molecule has 2 aromatic heterocycles. The molecule has 0 aliphatic rings. The van der Waals surface area contributed by atoms with Gasteiger partial charge in [-0.25, -0.2) is 10.8 Å². The van der Waals surface area contributed by atoms with E-state index in [1.807, 2.05) is 43.3 Å². The summed E-state index contributed by atoms with van der Waals surface area (Å²) in [5, 5.41) is 4.22. The molecule has 0 amide bonds. The Hall–Kier alpha value is -2.47. The second-order valence-electron chi connectivity index (χ2n) is 3.91. The summed E-state index contributed by atoms with van der Waals surface area (Å²) in [5.41, 5.74) is 4.43. The van der Waals surface area contributed by atoms with Gasteiger partial charge in [0.1, 0.15) is 11.6 Å². The van der Waals surface area contributed by atoms with Crippen molar-refractivity contribution >= 4 is 11.6 Å². The number of rotatable bonds is 2. The molecule has 0 aliphatic heterocycles. The molecule has 2 heterocycles. The molecule has 3 rings (SSSR count). The molecule has 0 spiro atoms. The first-order valence-corrected chi connectivity index (χ1v) is 5.54. The first kappa shape index (κ1) is 10.7. The van der Waals surface area contributed by atoms with Gasteiger partial charge < -0.3 is 5.43 Å². The fourth-order valence-corrected chi connectivity index (χ4v) is 1.83. The van der Waals surface area contributed by atoms with Gasteiger partial charge in [0.15, 0.2) is 0 Å². The van der Waals surface area contributed by atoms with Crippen LogP contribution in [0.3, 0.4) is 0 Å². The molecule has 1 aromatic carbocycles. The first-order valence-electron chi connectivity index (χ1n) is 5.54. The summed E-state index contributed by atoms with van der Waals surface area (Å²) in [5.74, 6) is 7.34. The van der Waals surface area contributed by atoms with Gasteiger partial charge in [-0.3, -0.25) is 0 Å². The number of benzene rings is 1. The summed E-state index contributed by atoms with van der Waals surface area (Å²) in [4.78, 5) is 8.72. The number of aryl methyl sites for hydroxylation is 1. The van der Waals surface area contributed by atoms with Gasteiger partial charge in [-0.15, -0.1) is 5.10 Å². The normalized spacial score (nSPS) is 10.8. The highest BCUT2D eigenvalue weighted by Crippen LogP contribution is 2.20. The highest BCUT2D eigenvalue weighted by Gasteiger charge is 2.09. The number of nitrogen functional groups attached to an aromatic ring is 1. The van der Waals surface area contributed by atoms with Crippen LogP contribution in [-0.4, -0.2) is 19.6 Å². The van der Waals surface area contributed by atoms with E-state index in [4.69, 9.17) is 5.84 Å². The van der Waals surface area contributed by atoms with Crippen molar-refractivity contribution in [2.24, 2.45) is 5.84 Å². The summed E-state index contributed by atoms with van der Waals surface area (Å²) in [6.45, 7) is 1.82. The fourth-order valence-electron chi connectivity index (χ4n) is 1.83. The van der Waals surface area contributed by atoms with Gasteiger partial charge in [0.25, 0.3) is 5.78 Å². The predicted molar refractivity (Wildman–Crippen MR) is 68.8 cm³/mol. The van der Waals surface area contributed by atoms with E-state index in [0.717, 1.165) is 11.3 Å². The molecule has 0 fully saturated rings. The molecule has 3 N–H and O–H groups in total. The van der Waals surface area contributed by atoms with Gasteiger partial charge in [-0.1, -0.05) is 30.3 Å². The van der Waals surface area contributed by atoms with Crippen LogP contribution in [0.4, 0.5) is 5.82 Å². The largest absolute Gasteiger partial charge is 0.308 e. The van der Waals surface area contributed by atoms with E-state index in [2.05, 4.69) is 20.5 Å². The second kappa shape index (κ2) is 4.08. The summed E-state index contributed by atoms with van der Waals surface area (Å²) < 4.78 is 1.59. The molecule has 0 saturated carbocycles. The third-order valence-corrected chi connectivity index (χ3v) is 2.64. The van der Waals surface area contributed by atoms with Gasteiger partial charge in [-0.05, 0) is 6.92 Å². The summed E-state index contributed by atoms with van der Waals surface area (Å²) in [7, 11) is 0. The Bertz CT molecular complexity index is 688. The van der Waals surface area contributed by atoms with Crippen LogP contribution < -0.4 is 11.3 Å². The summed E-state index contributed by atoms with van der Waals surface area (Å²) >= 11 is 0. The van der Waals surface area contributed by atoms with E-state index in [1.54, 1.807) is 4.52 Å². The van der Waals surface area contributed by atoms with Crippen molar-refractivity contribution in [2.45, 2.75) is 6.92 Å². The highest BCUT2D eigenvalue weighted by atomic mass is 15.4. The van der Waals surface area contributed by atoms with Crippen LogP contribution in [0, 0.1) is 6.92 Å². The molecular formula is C12H12N6. The minimum absolute atomic E-state index is 0.529. The van der Waals surface area contributed by atoms with E-state index >= 15 is 0 Å². The third kappa shape index (κ3) is 1.68. The molecule has 6 heteroatoms. The number of aromatic nitrogens is 4. The van der Waals surface area contributed by atoms with E-state index in [1.165, 1.54) is 0 Å². The third-order valence-electron chi connectivity index (χ3n) is 2.64. The number of anilines is 1. The molecule has 0 aliphatic carbocycles. The maximum atomic E-state index is 5.51. The number of nitrogens with one attached hydrogen (secondary N) is 1. The van der Waals surface area contributed by atoms with Gasteiger partial charge in [-0.2, -0.15) is 9.50 Å². The molecule has 0 unspecified atom stereocenters. The summed E-state index contributed by atoms with van der Waals surface area (Å²) in [6.07, 6.45) is 0. The molecule has 0 radical (unpaired) electrons. The maximum absolute atomic E-state index is 5.51. The Balaban J connectivity index is 2.25. The fraction of sp³-hybridized carbons (Fsp3) is 0.0833. The number of nitrogens with zero attached hydrogens (tertiary/aromatic N) is 4. The van der Waals surface area contributed by atoms with Crippen molar-refractivity contribution in [3.63, 3.8) is 0 Å². The number of hydrogen-bond acceptors (Lipinski definition) is 5. The molecule has 18 heavy (non-hydrogen) atoms. The topological polar surface area (TPSA) is 81.1 Å². The maximum Gasteiger partial charge on any atom is 0.254 e. The predicted octanol–water partition coefficient (Wildman–Crippen LogP) is 1.39. The lowest BCUT2D eigenvalue weighted by Gasteiger charge is -2.06. The number of nitrogens with two attached hydrogens (primary N) is 1. The quantitative estimate of drug-likeness (QED) is 0.522. The highest BCUT2D eigenvalue weighted by molar-refractivity contribution is 5.65. The summed E-state index contributed by atoms with van der Waals surface area (Å²) in [6, 6.07) is 11.7. The number of hydrogen-bond donors (Lipinski definition) is 2. The Morgan fingerprint density at radius 2 is 1.94 bits per heavy atom. The number of fused-ring (bicyclic) bond motifs is 1. The second-order valence-corrected chi connectivity index (χ2v) is 3.91. The average Bonchev–Trinajstić information content (AvgIpc) is 2.78. The van der Waals surface area contributed by atoms with Crippen LogP contribution >= 0.6 is 0 Å². The minimum Gasteiger partial charge on any atom is -0.308 e. The van der Waals surface area contributed by atoms with Crippen molar-refractivity contribution in [3.8, 4) is 11.3 Å². The van der Waals surface area contributed by atoms with E-state index in [9.17, 15) is 0 Å². The molecular weight excluding hydrogens is 228 g/mol. The van der Waals surface area contributed by atoms with Gasteiger partial charge in [0, 0.05) is 11.6 Å². The van der Waals surface area contributed by atoms with Crippen LogP contribution in [0.15, 0.2) is 36.4 Å². The molecule has 0 bridgehead atoms. The Morgan fingerprint density at radius 3 is 2.67 bits per heavy atom. The van der Waals surface area contributed by atoms with Crippen molar-refractivity contribution in [1.29, 1.82) is 0 Å². The van der Waals surface area contributed by atoms with E-state index in [0.29, 0.717) is 17.4 Å². The van der Waals surface area contributed by atoms with Crippen LogP contribution in [0.1, 0.15) is 5.82 Å². The number of hydrazine groups is 1. The zero-order valence-corrected chi connectivity index (χ0v) is 9.83. The van der Waals surface area contributed by atoms with Crippen LogP contribution in [0.5, 0.6) is 0 Å². The van der Waals surface area contributed by atoms with Crippen LogP contribution in [-0.2, 0) is 0 Å². The van der Waals surface area contributed by atoms with Crippen LogP contribution in [0.2, 0.25) is 0 Å². The molecule has 0 atom stereocenters. The van der Waals surface area contributed by atoms with Crippen molar-refractivity contribution in [2.75, 3.05) is 5.43 Å². The lowest BCUT2D eigenvalue weighted by molar-refractivity contribution is 0.915.